The molecule has 3 rings (SSSR count). The van der Waals surface area contributed by atoms with Gasteiger partial charge in [0.1, 0.15) is 11.9 Å². The summed E-state index contributed by atoms with van der Waals surface area (Å²) in [4.78, 5) is 28.3. The van der Waals surface area contributed by atoms with E-state index in [1.807, 2.05) is 44.2 Å². The van der Waals surface area contributed by atoms with Crippen LogP contribution in [0, 0.1) is 5.82 Å². The van der Waals surface area contributed by atoms with Crippen molar-refractivity contribution < 1.29 is 14.0 Å². The van der Waals surface area contributed by atoms with Gasteiger partial charge in [0.05, 0.1) is 16.5 Å². The summed E-state index contributed by atoms with van der Waals surface area (Å²) >= 11 is 12.1. The molecule has 0 heterocycles. The van der Waals surface area contributed by atoms with E-state index in [1.165, 1.54) is 11.0 Å². The lowest BCUT2D eigenvalue weighted by atomic mass is 10.0. The fourth-order valence-corrected chi connectivity index (χ4v) is 3.99. The molecule has 2 amide bonds. The first kappa shape index (κ1) is 25.7. The molecule has 34 heavy (non-hydrogen) atoms. The van der Waals surface area contributed by atoms with Gasteiger partial charge in [-0.25, -0.2) is 4.39 Å². The van der Waals surface area contributed by atoms with E-state index in [-0.39, 0.29) is 30.8 Å². The van der Waals surface area contributed by atoms with E-state index >= 15 is 0 Å². The van der Waals surface area contributed by atoms with Crippen molar-refractivity contribution in [2.24, 2.45) is 0 Å². The first-order valence-corrected chi connectivity index (χ1v) is 11.8. The largest absolute Gasteiger partial charge is 0.352 e. The molecule has 4 nitrogen and oxygen atoms in total. The normalized spacial score (nSPS) is 11.8. The Morgan fingerprint density at radius 1 is 0.912 bits per heavy atom. The van der Waals surface area contributed by atoms with Crippen LogP contribution in [0.3, 0.4) is 0 Å². The summed E-state index contributed by atoms with van der Waals surface area (Å²) in [5.41, 5.74) is 1.88. The van der Waals surface area contributed by atoms with E-state index in [9.17, 15) is 14.0 Å². The highest BCUT2D eigenvalue weighted by atomic mass is 35.5. The SMILES string of the molecule is CC(C)NC(=O)C(Cc1ccccc1)N(Cc1ccccc1F)C(=O)Cc1ccc(Cl)c(Cl)c1. The van der Waals surface area contributed by atoms with Crippen LogP contribution in [0.15, 0.2) is 72.8 Å². The third-order valence-electron chi connectivity index (χ3n) is 5.34. The van der Waals surface area contributed by atoms with Crippen LogP contribution in [0.1, 0.15) is 30.5 Å². The summed E-state index contributed by atoms with van der Waals surface area (Å²) in [6.07, 6.45) is 0.284. The third-order valence-corrected chi connectivity index (χ3v) is 6.08. The molecular formula is C27H27Cl2FN2O2. The number of carbonyl (C=O) groups excluding carboxylic acids is 2. The van der Waals surface area contributed by atoms with Gasteiger partial charge < -0.3 is 10.2 Å². The molecule has 1 N–H and O–H groups in total. The van der Waals surface area contributed by atoms with Crippen molar-refractivity contribution in [3.05, 3.63) is 105 Å². The Balaban J connectivity index is 1.99. The molecule has 0 spiro atoms. The van der Waals surface area contributed by atoms with Crippen LogP contribution in [-0.2, 0) is 29.0 Å². The maximum Gasteiger partial charge on any atom is 0.243 e. The van der Waals surface area contributed by atoms with E-state index in [0.717, 1.165) is 5.56 Å². The minimum atomic E-state index is -0.834. The number of nitrogens with zero attached hydrogens (tertiary/aromatic N) is 1. The highest BCUT2D eigenvalue weighted by Gasteiger charge is 2.31. The fraction of sp³-hybridized carbons (Fsp3) is 0.259. The Kier molecular flexibility index (Phi) is 9.08. The standard InChI is InChI=1S/C27H27Cl2FN2O2/c1-18(2)31-27(34)25(15-19-8-4-3-5-9-19)32(17-21-10-6-7-11-24(21)30)26(33)16-20-12-13-22(28)23(29)14-20/h3-14,18,25H,15-17H2,1-2H3,(H,31,34). The summed E-state index contributed by atoms with van der Waals surface area (Å²) in [7, 11) is 0. The van der Waals surface area contributed by atoms with Crippen molar-refractivity contribution in [3.8, 4) is 0 Å². The predicted molar refractivity (Wildman–Crippen MR) is 134 cm³/mol. The van der Waals surface area contributed by atoms with Gasteiger partial charge in [-0.15, -0.1) is 0 Å². The molecule has 0 aromatic heterocycles. The monoisotopic (exact) mass is 500 g/mol. The number of rotatable bonds is 9. The Hall–Kier alpha value is -2.89. The van der Waals surface area contributed by atoms with Crippen LogP contribution >= 0.6 is 23.2 Å². The Morgan fingerprint density at radius 2 is 1.59 bits per heavy atom. The van der Waals surface area contributed by atoms with E-state index < -0.39 is 11.9 Å². The van der Waals surface area contributed by atoms with Crippen LogP contribution in [0.2, 0.25) is 10.0 Å². The Labute approximate surface area is 209 Å². The molecule has 1 unspecified atom stereocenters. The number of nitrogens with one attached hydrogen (secondary N) is 1. The van der Waals surface area contributed by atoms with Crippen molar-refractivity contribution >= 4 is 35.0 Å². The van der Waals surface area contributed by atoms with Gasteiger partial charge in [-0.05, 0) is 43.2 Å². The van der Waals surface area contributed by atoms with Gasteiger partial charge in [0.15, 0.2) is 0 Å². The molecule has 0 saturated carbocycles. The average molecular weight is 501 g/mol. The molecule has 3 aromatic carbocycles. The molecule has 0 saturated heterocycles. The highest BCUT2D eigenvalue weighted by molar-refractivity contribution is 6.42. The number of amides is 2. The minimum absolute atomic E-state index is 0.00834. The molecular weight excluding hydrogens is 474 g/mol. The van der Waals surface area contributed by atoms with Crippen LogP contribution in [0.25, 0.3) is 0 Å². The number of benzene rings is 3. The number of halogens is 3. The molecule has 0 bridgehead atoms. The smallest absolute Gasteiger partial charge is 0.243 e. The van der Waals surface area contributed by atoms with Gasteiger partial charge in [0.2, 0.25) is 11.8 Å². The Bertz CT molecular complexity index is 1140. The van der Waals surface area contributed by atoms with Crippen LogP contribution in [0.5, 0.6) is 0 Å². The first-order chi connectivity index (χ1) is 16.2. The summed E-state index contributed by atoms with van der Waals surface area (Å²) in [5, 5.41) is 3.64. The summed E-state index contributed by atoms with van der Waals surface area (Å²) in [6.45, 7) is 3.67. The second-order valence-corrected chi connectivity index (χ2v) is 9.22. The zero-order valence-electron chi connectivity index (χ0n) is 19.1. The zero-order valence-corrected chi connectivity index (χ0v) is 20.6. The minimum Gasteiger partial charge on any atom is -0.352 e. The summed E-state index contributed by atoms with van der Waals surface area (Å²) < 4.78 is 14.6. The molecule has 0 fully saturated rings. The third kappa shape index (κ3) is 7.05. The summed E-state index contributed by atoms with van der Waals surface area (Å²) in [6, 6.07) is 19.7. The molecule has 178 valence electrons. The first-order valence-electron chi connectivity index (χ1n) is 11.1. The molecule has 1 atom stereocenters. The van der Waals surface area contributed by atoms with Crippen molar-refractivity contribution in [3.63, 3.8) is 0 Å². The zero-order chi connectivity index (χ0) is 24.7. The fourth-order valence-electron chi connectivity index (χ4n) is 3.67. The van der Waals surface area contributed by atoms with Crippen molar-refractivity contribution in [1.82, 2.24) is 10.2 Å². The number of hydrogen-bond acceptors (Lipinski definition) is 2. The van der Waals surface area contributed by atoms with Gasteiger partial charge in [-0.2, -0.15) is 0 Å². The maximum absolute atomic E-state index is 14.6. The van der Waals surface area contributed by atoms with E-state index in [1.54, 1.807) is 36.4 Å². The van der Waals surface area contributed by atoms with Gasteiger partial charge >= 0.3 is 0 Å². The van der Waals surface area contributed by atoms with Crippen molar-refractivity contribution in [2.75, 3.05) is 0 Å². The average Bonchev–Trinajstić information content (AvgIpc) is 2.80. The lowest BCUT2D eigenvalue weighted by Gasteiger charge is -2.32. The van der Waals surface area contributed by atoms with Gasteiger partial charge in [0.25, 0.3) is 0 Å². The van der Waals surface area contributed by atoms with Gasteiger partial charge in [0, 0.05) is 24.6 Å². The molecule has 0 aliphatic rings. The lowest BCUT2D eigenvalue weighted by molar-refractivity contribution is -0.141. The van der Waals surface area contributed by atoms with E-state index in [4.69, 9.17) is 23.2 Å². The molecule has 7 heteroatoms. The summed E-state index contributed by atoms with van der Waals surface area (Å²) in [5.74, 6) is -1.04. The molecule has 0 aliphatic heterocycles. The topological polar surface area (TPSA) is 49.4 Å². The molecule has 0 aliphatic carbocycles. The number of carbonyl (C=O) groups is 2. The van der Waals surface area contributed by atoms with E-state index in [0.29, 0.717) is 27.6 Å². The van der Waals surface area contributed by atoms with Crippen LogP contribution < -0.4 is 5.32 Å². The van der Waals surface area contributed by atoms with Crippen LogP contribution in [-0.4, -0.2) is 28.8 Å². The van der Waals surface area contributed by atoms with Gasteiger partial charge in [-0.3, -0.25) is 9.59 Å². The van der Waals surface area contributed by atoms with E-state index in [2.05, 4.69) is 5.32 Å². The number of hydrogen-bond donors (Lipinski definition) is 1. The molecule has 0 radical (unpaired) electrons. The molecule has 3 aromatic rings. The predicted octanol–water partition coefficient (Wildman–Crippen LogP) is 5.84. The Morgan fingerprint density at radius 3 is 2.24 bits per heavy atom. The van der Waals surface area contributed by atoms with Crippen molar-refractivity contribution in [2.45, 2.75) is 45.3 Å². The quantitative estimate of drug-likeness (QED) is 0.401. The van der Waals surface area contributed by atoms with Crippen molar-refractivity contribution in [1.29, 1.82) is 0 Å². The lowest BCUT2D eigenvalue weighted by Crippen LogP contribution is -2.52. The maximum atomic E-state index is 14.6. The van der Waals surface area contributed by atoms with Gasteiger partial charge in [-0.1, -0.05) is 77.8 Å². The highest BCUT2D eigenvalue weighted by Crippen LogP contribution is 2.24. The van der Waals surface area contributed by atoms with Crippen LogP contribution in [0.4, 0.5) is 4.39 Å². The second kappa shape index (κ2) is 12.0. The second-order valence-electron chi connectivity index (χ2n) is 8.41.